The summed E-state index contributed by atoms with van der Waals surface area (Å²) in [5, 5.41) is 0. The van der Waals surface area contributed by atoms with Crippen LogP contribution in [0.5, 0.6) is 0 Å². The molecule has 1 aromatic rings. The van der Waals surface area contributed by atoms with Gasteiger partial charge in [0.05, 0.1) is 32.3 Å². The third-order valence-electron chi connectivity index (χ3n) is 4.50. The van der Waals surface area contributed by atoms with E-state index in [9.17, 15) is 4.79 Å². The number of hydrogen-bond acceptors (Lipinski definition) is 4. The Kier molecular flexibility index (Phi) is 10.0. The molecule has 1 unspecified atom stereocenters. The van der Waals surface area contributed by atoms with Crippen LogP contribution in [0.1, 0.15) is 59.9 Å². The molecule has 4 nitrogen and oxygen atoms in total. The second-order valence-corrected chi connectivity index (χ2v) is 8.80. The second-order valence-electron chi connectivity index (χ2n) is 8.80. The van der Waals surface area contributed by atoms with Crippen LogP contribution >= 0.6 is 0 Å². The van der Waals surface area contributed by atoms with E-state index in [0.717, 1.165) is 12.8 Å². The minimum Gasteiger partial charge on any atom is -0.466 e. The van der Waals surface area contributed by atoms with Gasteiger partial charge in [0, 0.05) is 6.61 Å². The molecule has 1 atom stereocenters. The molecule has 0 aliphatic carbocycles. The van der Waals surface area contributed by atoms with Crippen LogP contribution in [0.15, 0.2) is 30.3 Å². The molecule has 0 amide bonds. The number of ether oxygens (including phenoxy) is 3. The molecule has 0 bridgehead atoms. The summed E-state index contributed by atoms with van der Waals surface area (Å²) in [6.45, 7) is 15.4. The van der Waals surface area contributed by atoms with E-state index in [1.54, 1.807) is 0 Å². The van der Waals surface area contributed by atoms with Crippen LogP contribution in [-0.4, -0.2) is 32.4 Å². The molecule has 0 radical (unpaired) electrons. The maximum absolute atomic E-state index is 12.3. The fourth-order valence-electron chi connectivity index (χ4n) is 3.84. The number of carbonyl (C=O) groups is 1. The number of hydrogen-bond donors (Lipinski definition) is 0. The van der Waals surface area contributed by atoms with Gasteiger partial charge in [-0.05, 0) is 43.1 Å². The molecule has 0 heterocycles. The summed E-state index contributed by atoms with van der Waals surface area (Å²) >= 11 is 0. The summed E-state index contributed by atoms with van der Waals surface area (Å²) in [6.07, 6.45) is 1.70. The first-order valence-electron chi connectivity index (χ1n) is 10.0. The Morgan fingerprint density at radius 1 is 0.963 bits per heavy atom. The van der Waals surface area contributed by atoms with Crippen molar-refractivity contribution in [2.45, 2.75) is 61.0 Å². The first-order chi connectivity index (χ1) is 12.7. The van der Waals surface area contributed by atoms with Crippen molar-refractivity contribution in [3.8, 4) is 0 Å². The summed E-state index contributed by atoms with van der Waals surface area (Å²) in [5.41, 5.74) is 1.18. The van der Waals surface area contributed by atoms with Gasteiger partial charge in [-0.1, -0.05) is 58.0 Å². The summed E-state index contributed by atoms with van der Waals surface area (Å²) in [4.78, 5) is 12.3. The Labute approximate surface area is 165 Å². The third kappa shape index (κ3) is 9.92. The molecule has 0 saturated carbocycles. The molecule has 1 aromatic carbocycles. The summed E-state index contributed by atoms with van der Waals surface area (Å²) in [7, 11) is 0. The topological polar surface area (TPSA) is 44.8 Å². The van der Waals surface area contributed by atoms with Crippen molar-refractivity contribution in [3.05, 3.63) is 35.9 Å². The second kappa shape index (κ2) is 11.5. The van der Waals surface area contributed by atoms with Crippen molar-refractivity contribution >= 4 is 5.97 Å². The Morgan fingerprint density at radius 2 is 1.63 bits per heavy atom. The molecule has 0 aromatic heterocycles. The van der Waals surface area contributed by atoms with E-state index >= 15 is 0 Å². The predicted octanol–water partition coefficient (Wildman–Crippen LogP) is 5.25. The molecule has 1 rings (SSSR count). The van der Waals surface area contributed by atoms with Gasteiger partial charge in [0.25, 0.3) is 0 Å². The van der Waals surface area contributed by atoms with E-state index in [1.165, 1.54) is 5.56 Å². The van der Waals surface area contributed by atoms with Crippen LogP contribution in [0.2, 0.25) is 0 Å². The van der Waals surface area contributed by atoms with Crippen LogP contribution in [-0.2, 0) is 25.6 Å². The van der Waals surface area contributed by atoms with Crippen LogP contribution in [0.3, 0.4) is 0 Å². The molecule has 154 valence electrons. The van der Waals surface area contributed by atoms with Crippen molar-refractivity contribution in [1.82, 2.24) is 0 Å². The van der Waals surface area contributed by atoms with E-state index in [2.05, 4.69) is 39.8 Å². The highest BCUT2D eigenvalue weighted by molar-refractivity contribution is 5.72. The zero-order chi connectivity index (χ0) is 20.3. The van der Waals surface area contributed by atoms with Gasteiger partial charge in [0.1, 0.15) is 0 Å². The molecule has 0 aliphatic heterocycles. The molecule has 0 saturated heterocycles. The van der Waals surface area contributed by atoms with Gasteiger partial charge in [-0.2, -0.15) is 0 Å². The molecule has 27 heavy (non-hydrogen) atoms. The van der Waals surface area contributed by atoms with Gasteiger partial charge >= 0.3 is 5.97 Å². The SMILES string of the molecule is CCOCC(CC(C)(C)CC(C)(C)COCc1ccccc1)C(=O)OCC. The maximum Gasteiger partial charge on any atom is 0.311 e. The van der Waals surface area contributed by atoms with Crippen LogP contribution in [0, 0.1) is 16.7 Å². The number of esters is 1. The van der Waals surface area contributed by atoms with Crippen LogP contribution < -0.4 is 0 Å². The van der Waals surface area contributed by atoms with E-state index in [1.807, 2.05) is 32.0 Å². The largest absolute Gasteiger partial charge is 0.466 e. The standard InChI is InChI=1S/C23H38O4/c1-7-25-16-20(21(24)27-8-2)14-22(3,4)17-23(5,6)18-26-15-19-12-10-9-11-13-19/h9-13,20H,7-8,14-18H2,1-6H3. The number of benzene rings is 1. The molecule has 0 fully saturated rings. The summed E-state index contributed by atoms with van der Waals surface area (Å²) in [5.74, 6) is -0.377. The smallest absolute Gasteiger partial charge is 0.311 e. The summed E-state index contributed by atoms with van der Waals surface area (Å²) in [6, 6.07) is 10.2. The Balaban J connectivity index is 2.58. The van der Waals surface area contributed by atoms with Gasteiger partial charge < -0.3 is 14.2 Å². The zero-order valence-electron chi connectivity index (χ0n) is 18.0. The zero-order valence-corrected chi connectivity index (χ0v) is 18.0. The lowest BCUT2D eigenvalue weighted by Crippen LogP contribution is -2.33. The fourth-order valence-corrected chi connectivity index (χ4v) is 3.84. The predicted molar refractivity (Wildman–Crippen MR) is 110 cm³/mol. The average molecular weight is 379 g/mol. The molecular formula is C23H38O4. The molecule has 0 N–H and O–H groups in total. The van der Waals surface area contributed by atoms with Crippen molar-refractivity contribution in [2.24, 2.45) is 16.7 Å². The fraction of sp³-hybridized carbons (Fsp3) is 0.696. The monoisotopic (exact) mass is 378 g/mol. The first-order valence-corrected chi connectivity index (χ1v) is 10.0. The molecule has 4 heteroatoms. The quantitative estimate of drug-likeness (QED) is 0.440. The van der Waals surface area contributed by atoms with Crippen molar-refractivity contribution in [1.29, 1.82) is 0 Å². The van der Waals surface area contributed by atoms with E-state index in [-0.39, 0.29) is 22.7 Å². The highest BCUT2D eigenvalue weighted by Gasteiger charge is 2.34. The van der Waals surface area contributed by atoms with Crippen LogP contribution in [0.4, 0.5) is 0 Å². The Morgan fingerprint density at radius 3 is 2.22 bits per heavy atom. The lowest BCUT2D eigenvalue weighted by molar-refractivity contribution is -0.151. The van der Waals surface area contributed by atoms with Gasteiger partial charge in [0.2, 0.25) is 0 Å². The highest BCUT2D eigenvalue weighted by Crippen LogP contribution is 2.39. The van der Waals surface area contributed by atoms with Crippen LogP contribution in [0.25, 0.3) is 0 Å². The maximum atomic E-state index is 12.3. The first kappa shape index (κ1) is 23.6. The van der Waals surface area contributed by atoms with Gasteiger partial charge in [-0.15, -0.1) is 0 Å². The van der Waals surface area contributed by atoms with Crippen molar-refractivity contribution < 1.29 is 19.0 Å². The molecule has 0 aliphatic rings. The lowest BCUT2D eigenvalue weighted by Gasteiger charge is -2.36. The minimum absolute atomic E-state index is 0.0170. The van der Waals surface area contributed by atoms with E-state index in [0.29, 0.717) is 33.0 Å². The minimum atomic E-state index is -0.221. The van der Waals surface area contributed by atoms with Crippen molar-refractivity contribution in [3.63, 3.8) is 0 Å². The number of carbonyl (C=O) groups excluding carboxylic acids is 1. The normalized spacial score (nSPS) is 13.4. The summed E-state index contributed by atoms with van der Waals surface area (Å²) < 4.78 is 16.7. The molecule has 0 spiro atoms. The average Bonchev–Trinajstić information content (AvgIpc) is 2.58. The Hall–Kier alpha value is -1.39. The van der Waals surface area contributed by atoms with Gasteiger partial charge in [-0.25, -0.2) is 0 Å². The number of rotatable bonds is 13. The van der Waals surface area contributed by atoms with Gasteiger partial charge in [0.15, 0.2) is 0 Å². The lowest BCUT2D eigenvalue weighted by atomic mass is 9.71. The molecular weight excluding hydrogens is 340 g/mol. The third-order valence-corrected chi connectivity index (χ3v) is 4.50. The highest BCUT2D eigenvalue weighted by atomic mass is 16.5. The Bertz CT molecular complexity index is 537. The van der Waals surface area contributed by atoms with Crippen molar-refractivity contribution in [2.75, 3.05) is 26.4 Å². The van der Waals surface area contributed by atoms with Gasteiger partial charge in [-0.3, -0.25) is 4.79 Å². The van der Waals surface area contributed by atoms with E-state index in [4.69, 9.17) is 14.2 Å². The van der Waals surface area contributed by atoms with E-state index < -0.39 is 0 Å².